The van der Waals surface area contributed by atoms with Gasteiger partial charge in [0.05, 0.1) is 5.38 Å². The summed E-state index contributed by atoms with van der Waals surface area (Å²) in [5, 5.41) is 2.24. The van der Waals surface area contributed by atoms with E-state index in [-0.39, 0.29) is 11.3 Å². The maximum atomic E-state index is 11.9. The van der Waals surface area contributed by atoms with E-state index in [0.717, 1.165) is 38.8 Å². The Morgan fingerprint density at radius 2 is 2.47 bits per heavy atom. The number of hydrogen-bond acceptors (Lipinski definition) is 2. The number of carbonyl (C=O) groups is 1. The molecule has 17 heavy (non-hydrogen) atoms. The average molecular weight is 272 g/mol. The summed E-state index contributed by atoms with van der Waals surface area (Å²) in [6.07, 6.45) is 4.71. The molecule has 1 atom stereocenters. The largest absolute Gasteiger partial charge is 0.341 e. The van der Waals surface area contributed by atoms with Gasteiger partial charge < -0.3 is 4.90 Å². The van der Waals surface area contributed by atoms with Crippen LogP contribution in [0.3, 0.4) is 0 Å². The van der Waals surface area contributed by atoms with Crippen molar-refractivity contribution in [3.05, 3.63) is 22.4 Å². The van der Waals surface area contributed by atoms with E-state index in [2.05, 4.69) is 17.5 Å². The molecule has 1 aromatic rings. The third-order valence-electron chi connectivity index (χ3n) is 3.11. The summed E-state index contributed by atoms with van der Waals surface area (Å²) in [5.74, 6) is 0.270. The molecule has 1 saturated heterocycles. The second-order valence-corrected chi connectivity index (χ2v) is 6.16. The van der Waals surface area contributed by atoms with Gasteiger partial charge in [0.1, 0.15) is 0 Å². The van der Waals surface area contributed by atoms with E-state index in [4.69, 9.17) is 11.6 Å². The SMILES string of the molecule is O=C(CCCc1cccs1)N1CCCC(Cl)C1. The molecule has 2 nitrogen and oxygen atoms in total. The van der Waals surface area contributed by atoms with Crippen LogP contribution in [-0.2, 0) is 11.2 Å². The van der Waals surface area contributed by atoms with Gasteiger partial charge in [-0.05, 0) is 37.1 Å². The van der Waals surface area contributed by atoms with Crippen molar-refractivity contribution >= 4 is 28.8 Å². The first-order valence-corrected chi connectivity index (χ1v) is 7.51. The quantitative estimate of drug-likeness (QED) is 0.770. The second kappa shape index (κ2) is 6.41. The number of hydrogen-bond donors (Lipinski definition) is 0. The standard InChI is InChI=1S/C13H18ClNOS/c14-11-4-2-8-15(10-11)13(16)7-1-5-12-6-3-9-17-12/h3,6,9,11H,1-2,4-5,7-8,10H2. The number of aryl methyl sites for hydroxylation is 1. The number of rotatable bonds is 4. The van der Waals surface area contributed by atoms with Crippen molar-refractivity contribution in [3.8, 4) is 0 Å². The molecule has 4 heteroatoms. The maximum Gasteiger partial charge on any atom is 0.222 e. The van der Waals surface area contributed by atoms with Crippen LogP contribution in [0.1, 0.15) is 30.6 Å². The van der Waals surface area contributed by atoms with Gasteiger partial charge in [-0.1, -0.05) is 6.07 Å². The van der Waals surface area contributed by atoms with Crippen molar-refractivity contribution < 1.29 is 4.79 Å². The van der Waals surface area contributed by atoms with Gasteiger partial charge in [-0.2, -0.15) is 0 Å². The Balaban J connectivity index is 1.70. The molecule has 2 rings (SSSR count). The maximum absolute atomic E-state index is 11.9. The number of halogens is 1. The molecule has 0 spiro atoms. The highest BCUT2D eigenvalue weighted by atomic mass is 35.5. The summed E-state index contributed by atoms with van der Waals surface area (Å²) in [7, 11) is 0. The Hall–Kier alpha value is -0.540. The number of likely N-dealkylation sites (tertiary alicyclic amines) is 1. The number of carbonyl (C=O) groups excluding carboxylic acids is 1. The van der Waals surface area contributed by atoms with Crippen molar-refractivity contribution in [2.45, 2.75) is 37.5 Å². The first-order valence-electron chi connectivity index (χ1n) is 6.20. The van der Waals surface area contributed by atoms with Gasteiger partial charge in [-0.3, -0.25) is 4.79 Å². The summed E-state index contributed by atoms with van der Waals surface area (Å²) in [6, 6.07) is 4.19. The molecule has 1 aliphatic heterocycles. The highest BCUT2D eigenvalue weighted by molar-refractivity contribution is 7.09. The van der Waals surface area contributed by atoms with Crippen LogP contribution in [0, 0.1) is 0 Å². The summed E-state index contributed by atoms with van der Waals surface area (Å²) in [6.45, 7) is 1.63. The van der Waals surface area contributed by atoms with Crippen molar-refractivity contribution in [1.82, 2.24) is 4.90 Å². The van der Waals surface area contributed by atoms with Crippen molar-refractivity contribution in [2.75, 3.05) is 13.1 Å². The van der Waals surface area contributed by atoms with Crippen LogP contribution < -0.4 is 0 Å². The van der Waals surface area contributed by atoms with Gasteiger partial charge in [0, 0.05) is 24.4 Å². The zero-order valence-electron chi connectivity index (χ0n) is 9.90. The average Bonchev–Trinajstić information content (AvgIpc) is 2.82. The third kappa shape index (κ3) is 4.00. The lowest BCUT2D eigenvalue weighted by Gasteiger charge is -2.29. The minimum atomic E-state index is 0.157. The highest BCUT2D eigenvalue weighted by Crippen LogP contribution is 2.17. The van der Waals surface area contributed by atoms with Gasteiger partial charge in [0.2, 0.25) is 5.91 Å². The smallest absolute Gasteiger partial charge is 0.222 e. The van der Waals surface area contributed by atoms with E-state index >= 15 is 0 Å². The highest BCUT2D eigenvalue weighted by Gasteiger charge is 2.21. The molecule has 1 unspecified atom stereocenters. The molecule has 94 valence electrons. The van der Waals surface area contributed by atoms with Gasteiger partial charge in [0.15, 0.2) is 0 Å². The zero-order valence-corrected chi connectivity index (χ0v) is 11.5. The van der Waals surface area contributed by atoms with Crippen LogP contribution in [-0.4, -0.2) is 29.3 Å². The number of piperidine rings is 1. The van der Waals surface area contributed by atoms with Crippen LogP contribution in [0.2, 0.25) is 0 Å². The third-order valence-corrected chi connectivity index (χ3v) is 4.40. The monoisotopic (exact) mass is 271 g/mol. The molecule has 0 N–H and O–H groups in total. The molecule has 0 aromatic carbocycles. The minimum absolute atomic E-state index is 0.157. The van der Waals surface area contributed by atoms with Crippen LogP contribution in [0.5, 0.6) is 0 Å². The van der Waals surface area contributed by atoms with Gasteiger partial charge in [-0.25, -0.2) is 0 Å². The minimum Gasteiger partial charge on any atom is -0.341 e. The second-order valence-electron chi connectivity index (χ2n) is 4.51. The Morgan fingerprint density at radius 1 is 1.59 bits per heavy atom. The lowest BCUT2D eigenvalue weighted by atomic mass is 10.1. The molecule has 1 fully saturated rings. The predicted molar refractivity (Wildman–Crippen MR) is 72.7 cm³/mol. The fourth-order valence-corrected chi connectivity index (χ4v) is 3.25. The van der Waals surface area contributed by atoms with Crippen molar-refractivity contribution in [2.24, 2.45) is 0 Å². The van der Waals surface area contributed by atoms with Gasteiger partial charge >= 0.3 is 0 Å². The fourth-order valence-electron chi connectivity index (χ4n) is 2.18. The zero-order chi connectivity index (χ0) is 12.1. The van der Waals surface area contributed by atoms with Crippen LogP contribution in [0.25, 0.3) is 0 Å². The Labute approximate surface area is 112 Å². The number of alkyl halides is 1. The first-order chi connectivity index (χ1) is 8.25. The van der Waals surface area contributed by atoms with E-state index in [0.29, 0.717) is 6.42 Å². The molecule has 0 radical (unpaired) electrons. The van der Waals surface area contributed by atoms with Crippen molar-refractivity contribution in [3.63, 3.8) is 0 Å². The van der Waals surface area contributed by atoms with Crippen LogP contribution >= 0.6 is 22.9 Å². The molecule has 1 aromatic heterocycles. The topological polar surface area (TPSA) is 20.3 Å². The normalized spacial score (nSPS) is 20.5. The van der Waals surface area contributed by atoms with Crippen molar-refractivity contribution in [1.29, 1.82) is 0 Å². The number of nitrogens with zero attached hydrogens (tertiary/aromatic N) is 1. The molecule has 2 heterocycles. The Bertz CT molecular complexity index is 352. The Kier molecular flexibility index (Phi) is 4.86. The summed E-state index contributed by atoms with van der Waals surface area (Å²) in [5.41, 5.74) is 0. The summed E-state index contributed by atoms with van der Waals surface area (Å²) in [4.78, 5) is 15.2. The number of amides is 1. The Morgan fingerprint density at radius 3 is 3.18 bits per heavy atom. The molecular formula is C13H18ClNOS. The van der Waals surface area contributed by atoms with Crippen LogP contribution in [0.15, 0.2) is 17.5 Å². The molecule has 0 aliphatic carbocycles. The van der Waals surface area contributed by atoms with E-state index in [1.165, 1.54) is 4.88 Å². The van der Waals surface area contributed by atoms with Crippen LogP contribution in [0.4, 0.5) is 0 Å². The lowest BCUT2D eigenvalue weighted by molar-refractivity contribution is -0.132. The summed E-state index contributed by atoms with van der Waals surface area (Å²) >= 11 is 7.84. The molecular weight excluding hydrogens is 254 g/mol. The van der Waals surface area contributed by atoms with E-state index in [9.17, 15) is 4.79 Å². The molecule has 0 saturated carbocycles. The molecule has 0 bridgehead atoms. The van der Waals surface area contributed by atoms with E-state index < -0.39 is 0 Å². The summed E-state index contributed by atoms with van der Waals surface area (Å²) < 4.78 is 0. The molecule has 1 amide bonds. The van der Waals surface area contributed by atoms with E-state index in [1.807, 2.05) is 4.90 Å². The fraction of sp³-hybridized carbons (Fsp3) is 0.615. The predicted octanol–water partition coefficient (Wildman–Crippen LogP) is 3.30. The number of thiophene rings is 1. The van der Waals surface area contributed by atoms with E-state index in [1.54, 1.807) is 11.3 Å². The lowest BCUT2D eigenvalue weighted by Crippen LogP contribution is -2.40. The first kappa shape index (κ1) is 12.9. The van der Waals surface area contributed by atoms with Gasteiger partial charge in [-0.15, -0.1) is 22.9 Å². The van der Waals surface area contributed by atoms with Gasteiger partial charge in [0.25, 0.3) is 0 Å². The molecule has 1 aliphatic rings.